The third-order valence-electron chi connectivity index (χ3n) is 5.75. The number of carbonyl (C=O) groups excluding carboxylic acids is 1. The number of carbonyl (C=O) groups is 1. The quantitative estimate of drug-likeness (QED) is 0.359. The van der Waals surface area contributed by atoms with Crippen molar-refractivity contribution >= 4 is 33.8 Å². The van der Waals surface area contributed by atoms with Crippen LogP contribution < -0.4 is 16.6 Å². The van der Waals surface area contributed by atoms with Gasteiger partial charge in [0, 0.05) is 22.3 Å². The van der Waals surface area contributed by atoms with Gasteiger partial charge in [-0.15, -0.1) is 17.8 Å². The minimum Gasteiger partial charge on any atom is -0.382 e. The molecular formula is C27H20N6O2S. The lowest BCUT2D eigenvalue weighted by Gasteiger charge is -2.21. The molecule has 0 spiro atoms. The second kappa shape index (κ2) is 9.44. The van der Waals surface area contributed by atoms with Crippen molar-refractivity contribution in [1.29, 1.82) is 0 Å². The van der Waals surface area contributed by atoms with Crippen LogP contribution in [0.5, 0.6) is 0 Å². The molecule has 176 valence electrons. The molecule has 3 aromatic heterocycles. The van der Waals surface area contributed by atoms with Gasteiger partial charge < -0.3 is 11.1 Å². The molecule has 0 fully saturated rings. The van der Waals surface area contributed by atoms with E-state index in [1.54, 1.807) is 29.1 Å². The van der Waals surface area contributed by atoms with Crippen molar-refractivity contribution in [1.82, 2.24) is 24.8 Å². The Morgan fingerprint density at radius 3 is 2.67 bits per heavy atom. The Labute approximate surface area is 210 Å². The number of hydrogen-bond donors (Lipinski definition) is 2. The van der Waals surface area contributed by atoms with E-state index < -0.39 is 11.9 Å². The molecule has 3 N–H and O–H groups in total. The first-order valence-electron chi connectivity index (χ1n) is 11.0. The molecule has 0 radical (unpaired) electrons. The van der Waals surface area contributed by atoms with Crippen molar-refractivity contribution in [3.05, 3.63) is 99.0 Å². The lowest BCUT2D eigenvalue weighted by Crippen LogP contribution is -2.33. The van der Waals surface area contributed by atoms with Crippen molar-refractivity contribution in [3.8, 4) is 29.4 Å². The molecule has 0 bridgehead atoms. The maximum Gasteiger partial charge on any atom is 0.274 e. The molecule has 0 aliphatic carbocycles. The maximum atomic E-state index is 13.7. The number of pyridine rings is 1. The molecule has 1 amide bonds. The molecule has 5 rings (SSSR count). The van der Waals surface area contributed by atoms with Crippen molar-refractivity contribution in [2.75, 3.05) is 5.73 Å². The average molecular weight is 493 g/mol. The fraction of sp³-hybridized carbons (Fsp3) is 0.0741. The summed E-state index contributed by atoms with van der Waals surface area (Å²) in [5, 5.41) is 5.85. The van der Waals surface area contributed by atoms with Gasteiger partial charge >= 0.3 is 0 Å². The summed E-state index contributed by atoms with van der Waals surface area (Å²) in [6.45, 7) is 1.79. The number of benzene rings is 2. The molecule has 0 saturated carbocycles. The normalized spacial score (nSPS) is 11.7. The molecule has 8 nitrogen and oxygen atoms in total. The number of rotatable bonds is 5. The van der Waals surface area contributed by atoms with E-state index in [0.29, 0.717) is 39.1 Å². The molecule has 1 atom stereocenters. The van der Waals surface area contributed by atoms with Crippen LogP contribution in [0.3, 0.4) is 0 Å². The second-order valence-electron chi connectivity index (χ2n) is 8.02. The van der Waals surface area contributed by atoms with Crippen LogP contribution in [-0.4, -0.2) is 25.4 Å². The third kappa shape index (κ3) is 4.10. The van der Waals surface area contributed by atoms with E-state index in [1.807, 2.05) is 47.8 Å². The maximum absolute atomic E-state index is 13.7. The van der Waals surface area contributed by atoms with Gasteiger partial charge in [-0.25, -0.2) is 15.0 Å². The Morgan fingerprint density at radius 1 is 1.14 bits per heavy atom. The standard InChI is InChI=1S/C27H20N6O2S/c1-3-17-8-7-9-18-12-22(33(27(35)23(17)18)19-10-5-4-6-11-19)16(2)31-26(34)24-25(28)29-13-20(32-24)21-14-36-15-30-21/h1,4-16H,2H3,(H2,28,29)(H,31,34)/t16-/m1/s1. The summed E-state index contributed by atoms with van der Waals surface area (Å²) in [4.78, 5) is 39.7. The van der Waals surface area contributed by atoms with Gasteiger partial charge in [-0.3, -0.25) is 14.2 Å². The molecular weight excluding hydrogens is 472 g/mol. The van der Waals surface area contributed by atoms with E-state index >= 15 is 0 Å². The zero-order chi connectivity index (χ0) is 25.2. The predicted molar refractivity (Wildman–Crippen MR) is 141 cm³/mol. The monoisotopic (exact) mass is 492 g/mol. The van der Waals surface area contributed by atoms with E-state index in [-0.39, 0.29) is 17.1 Å². The number of hydrogen-bond acceptors (Lipinski definition) is 7. The number of nitrogens with zero attached hydrogens (tertiary/aromatic N) is 4. The summed E-state index contributed by atoms with van der Waals surface area (Å²) in [6.07, 6.45) is 7.16. The first-order chi connectivity index (χ1) is 17.5. The van der Waals surface area contributed by atoms with Crippen LogP contribution >= 0.6 is 11.3 Å². The number of nitrogens with two attached hydrogens (primary N) is 1. The van der Waals surface area contributed by atoms with Crippen molar-refractivity contribution < 1.29 is 4.79 Å². The van der Waals surface area contributed by atoms with Gasteiger partial charge in [-0.05, 0) is 36.6 Å². The van der Waals surface area contributed by atoms with Gasteiger partial charge in [0.15, 0.2) is 11.5 Å². The summed E-state index contributed by atoms with van der Waals surface area (Å²) in [7, 11) is 0. The van der Waals surface area contributed by atoms with Crippen molar-refractivity contribution in [2.45, 2.75) is 13.0 Å². The highest BCUT2D eigenvalue weighted by molar-refractivity contribution is 7.07. The molecule has 0 aliphatic heterocycles. The van der Waals surface area contributed by atoms with Crippen LogP contribution in [0.2, 0.25) is 0 Å². The number of amides is 1. The van der Waals surface area contributed by atoms with Crippen LogP contribution in [0.4, 0.5) is 5.82 Å². The smallest absolute Gasteiger partial charge is 0.274 e. The van der Waals surface area contributed by atoms with E-state index in [4.69, 9.17) is 12.2 Å². The highest BCUT2D eigenvalue weighted by Crippen LogP contribution is 2.24. The van der Waals surface area contributed by atoms with E-state index in [1.165, 1.54) is 17.5 Å². The van der Waals surface area contributed by atoms with Crippen LogP contribution in [0.1, 0.15) is 34.7 Å². The first kappa shape index (κ1) is 23.0. The predicted octanol–water partition coefficient (Wildman–Crippen LogP) is 3.96. The molecule has 9 heteroatoms. The number of para-hydroxylation sites is 1. The van der Waals surface area contributed by atoms with Gasteiger partial charge in [0.1, 0.15) is 11.4 Å². The lowest BCUT2D eigenvalue weighted by molar-refractivity contribution is 0.0934. The first-order valence-corrected chi connectivity index (χ1v) is 11.9. The highest BCUT2D eigenvalue weighted by Gasteiger charge is 2.22. The third-order valence-corrected chi connectivity index (χ3v) is 6.33. The Kier molecular flexibility index (Phi) is 6.02. The van der Waals surface area contributed by atoms with Gasteiger partial charge in [0.25, 0.3) is 11.5 Å². The molecule has 36 heavy (non-hydrogen) atoms. The van der Waals surface area contributed by atoms with Crippen molar-refractivity contribution in [2.24, 2.45) is 0 Å². The molecule has 0 saturated heterocycles. The van der Waals surface area contributed by atoms with Crippen LogP contribution in [-0.2, 0) is 0 Å². The minimum atomic E-state index is -0.589. The number of terminal acetylenes is 1. The number of nitrogens with one attached hydrogen (secondary N) is 1. The Balaban J connectivity index is 1.60. The van der Waals surface area contributed by atoms with Gasteiger partial charge in [0.2, 0.25) is 0 Å². The average Bonchev–Trinajstić information content (AvgIpc) is 3.44. The summed E-state index contributed by atoms with van der Waals surface area (Å²) in [6, 6.07) is 15.8. The van der Waals surface area contributed by atoms with Gasteiger partial charge in [0.05, 0.1) is 23.1 Å². The second-order valence-corrected chi connectivity index (χ2v) is 8.74. The van der Waals surface area contributed by atoms with Gasteiger partial charge in [-0.2, -0.15) is 0 Å². The number of nitrogen functional groups attached to an aromatic ring is 1. The van der Waals surface area contributed by atoms with Crippen molar-refractivity contribution in [3.63, 3.8) is 0 Å². The highest BCUT2D eigenvalue weighted by atomic mass is 32.1. The van der Waals surface area contributed by atoms with Crippen LogP contribution in [0, 0.1) is 12.3 Å². The topological polar surface area (TPSA) is 116 Å². The SMILES string of the molecule is C#Cc1cccc2cc([C@@H](C)NC(=O)c3nc(-c4cscn4)cnc3N)n(-c3ccccc3)c(=O)c12. The summed E-state index contributed by atoms with van der Waals surface area (Å²) in [5.74, 6) is 2.08. The number of aromatic nitrogens is 4. The number of fused-ring (bicyclic) bond motifs is 1. The Morgan fingerprint density at radius 2 is 1.94 bits per heavy atom. The summed E-state index contributed by atoms with van der Waals surface area (Å²) < 4.78 is 1.56. The largest absolute Gasteiger partial charge is 0.382 e. The molecule has 3 heterocycles. The molecule has 2 aromatic carbocycles. The molecule has 0 aliphatic rings. The lowest BCUT2D eigenvalue weighted by atomic mass is 10.0. The van der Waals surface area contributed by atoms with E-state index in [2.05, 4.69) is 26.2 Å². The minimum absolute atomic E-state index is 0.00342. The fourth-order valence-corrected chi connectivity index (χ4v) is 4.58. The Bertz CT molecular complexity index is 1690. The van der Waals surface area contributed by atoms with E-state index in [0.717, 1.165) is 0 Å². The summed E-state index contributed by atoms with van der Waals surface area (Å²) >= 11 is 1.41. The fourth-order valence-electron chi connectivity index (χ4n) is 4.03. The summed E-state index contributed by atoms with van der Waals surface area (Å²) in [5.41, 5.74) is 10.1. The zero-order valence-electron chi connectivity index (χ0n) is 19.2. The number of anilines is 1. The Hall–Kier alpha value is -4.81. The zero-order valence-corrected chi connectivity index (χ0v) is 20.0. The van der Waals surface area contributed by atoms with E-state index in [9.17, 15) is 9.59 Å². The number of thiazole rings is 1. The van der Waals surface area contributed by atoms with Crippen LogP contribution in [0.15, 0.2) is 76.5 Å². The molecule has 5 aromatic rings. The van der Waals surface area contributed by atoms with Crippen LogP contribution in [0.25, 0.3) is 27.8 Å². The van der Waals surface area contributed by atoms with Gasteiger partial charge in [-0.1, -0.05) is 36.3 Å². The molecule has 0 unspecified atom stereocenters.